The second-order valence-electron chi connectivity index (χ2n) is 7.26. The van der Waals surface area contributed by atoms with Crippen molar-refractivity contribution in [2.75, 3.05) is 11.1 Å². The van der Waals surface area contributed by atoms with Crippen molar-refractivity contribution >= 4 is 45.2 Å². The molecule has 3 aromatic carbocycles. The second kappa shape index (κ2) is 10.0. The van der Waals surface area contributed by atoms with Crippen molar-refractivity contribution in [1.82, 2.24) is 0 Å². The van der Waals surface area contributed by atoms with Gasteiger partial charge in [-0.2, -0.15) is 0 Å². The van der Waals surface area contributed by atoms with E-state index in [0.29, 0.717) is 23.2 Å². The maximum absolute atomic E-state index is 13.9. The van der Waals surface area contributed by atoms with Gasteiger partial charge in [0.05, 0.1) is 22.0 Å². The number of carboxylic acid groups (broad SMARTS) is 1. The fourth-order valence-electron chi connectivity index (χ4n) is 3.50. The van der Waals surface area contributed by atoms with E-state index in [9.17, 15) is 18.0 Å². The van der Waals surface area contributed by atoms with E-state index in [4.69, 9.17) is 22.3 Å². The van der Waals surface area contributed by atoms with Crippen LogP contribution in [0.1, 0.15) is 12.0 Å². The molecule has 0 aliphatic heterocycles. The Balaban J connectivity index is 2.31. The Bertz CT molecular complexity index is 1380. The van der Waals surface area contributed by atoms with E-state index in [1.807, 2.05) is 0 Å². The van der Waals surface area contributed by atoms with Crippen molar-refractivity contribution < 1.29 is 23.1 Å². The normalized spacial score (nSPS) is 10.9. The number of benzene rings is 3. The number of para-hydroxylation sites is 1. The Labute approximate surface area is 196 Å². The minimum Gasteiger partial charge on any atom is -0.481 e. The minimum absolute atomic E-state index is 0.0340. The van der Waals surface area contributed by atoms with Gasteiger partial charge in [-0.25, -0.2) is 13.4 Å². The van der Waals surface area contributed by atoms with Crippen molar-refractivity contribution in [1.29, 1.82) is 0 Å². The van der Waals surface area contributed by atoms with Crippen molar-refractivity contribution in [2.45, 2.75) is 22.6 Å². The Kier molecular flexibility index (Phi) is 7.17. The first-order chi connectivity index (χ1) is 16.1. The lowest BCUT2D eigenvalue weighted by Crippen LogP contribution is -2.21. The molecule has 1 amide bonds. The first kappa shape index (κ1) is 24.3. The molecular weight excluding hydrogens is 458 g/mol. The number of guanidine groups is 1. The molecule has 0 aliphatic carbocycles. The number of aliphatic carboxylic acids is 1. The number of nitrogens with one attached hydrogen (secondary N) is 1. The number of amides is 1. The van der Waals surface area contributed by atoms with Gasteiger partial charge in [-0.1, -0.05) is 36.4 Å². The SMILES string of the molecule is NC(N)=Nc1cccc(-c2ccc(CCC(=O)O)c(N)c2S(=O)(=O)c2ccccc2NC=O)c1. The Morgan fingerprint density at radius 2 is 1.79 bits per heavy atom. The fourth-order valence-corrected chi connectivity index (χ4v) is 5.29. The van der Waals surface area contributed by atoms with E-state index >= 15 is 0 Å². The summed E-state index contributed by atoms with van der Waals surface area (Å²) in [7, 11) is -4.28. The van der Waals surface area contributed by atoms with E-state index in [1.54, 1.807) is 42.5 Å². The van der Waals surface area contributed by atoms with Crippen molar-refractivity contribution in [3.63, 3.8) is 0 Å². The summed E-state index contributed by atoms with van der Waals surface area (Å²) >= 11 is 0. The number of aliphatic imine (C=N–C) groups is 1. The lowest BCUT2D eigenvalue weighted by atomic mass is 9.99. The summed E-state index contributed by atoms with van der Waals surface area (Å²) in [4.78, 5) is 25.8. The largest absolute Gasteiger partial charge is 0.481 e. The average Bonchev–Trinajstić information content (AvgIpc) is 2.78. The van der Waals surface area contributed by atoms with Crippen molar-refractivity contribution in [3.8, 4) is 11.1 Å². The first-order valence-corrected chi connectivity index (χ1v) is 11.5. The molecule has 0 heterocycles. The number of aryl methyl sites for hydroxylation is 1. The lowest BCUT2D eigenvalue weighted by Gasteiger charge is -2.18. The molecule has 34 heavy (non-hydrogen) atoms. The summed E-state index contributed by atoms with van der Waals surface area (Å²) in [6.45, 7) is 0. The van der Waals surface area contributed by atoms with E-state index in [-0.39, 0.29) is 45.5 Å². The number of nitrogen functional groups attached to an aromatic ring is 1. The highest BCUT2D eigenvalue weighted by Crippen LogP contribution is 2.40. The maximum atomic E-state index is 13.9. The van der Waals surface area contributed by atoms with Crippen molar-refractivity contribution in [2.24, 2.45) is 16.5 Å². The van der Waals surface area contributed by atoms with Gasteiger partial charge in [-0.15, -0.1) is 0 Å². The van der Waals surface area contributed by atoms with E-state index in [1.165, 1.54) is 18.2 Å². The van der Waals surface area contributed by atoms with Crippen LogP contribution < -0.4 is 22.5 Å². The number of nitrogens with two attached hydrogens (primary N) is 3. The predicted octanol–water partition coefficient (Wildman–Crippen LogP) is 2.26. The average molecular weight is 482 g/mol. The zero-order valence-corrected chi connectivity index (χ0v) is 18.7. The molecular formula is C23H23N5O5S. The molecule has 3 rings (SSSR count). The Morgan fingerprint density at radius 1 is 1.06 bits per heavy atom. The molecule has 10 nitrogen and oxygen atoms in total. The summed E-state index contributed by atoms with van der Waals surface area (Å²) in [5, 5.41) is 11.5. The van der Waals surface area contributed by atoms with E-state index in [2.05, 4.69) is 10.3 Å². The molecule has 0 atom stereocenters. The van der Waals surface area contributed by atoms with Crippen LogP contribution in [0.3, 0.4) is 0 Å². The summed E-state index contributed by atoms with van der Waals surface area (Å²) < 4.78 is 27.8. The number of hydrogen-bond donors (Lipinski definition) is 5. The number of nitrogens with zero attached hydrogens (tertiary/aromatic N) is 1. The Hall–Kier alpha value is -4.38. The van der Waals surface area contributed by atoms with Crippen LogP contribution >= 0.6 is 0 Å². The first-order valence-electron chi connectivity index (χ1n) is 10.0. The van der Waals surface area contributed by atoms with Crippen LogP contribution in [-0.2, 0) is 25.8 Å². The van der Waals surface area contributed by atoms with Gasteiger partial charge in [0.15, 0.2) is 5.96 Å². The zero-order valence-electron chi connectivity index (χ0n) is 17.9. The molecule has 8 N–H and O–H groups in total. The van der Waals surface area contributed by atoms with Gasteiger partial charge in [-0.3, -0.25) is 9.59 Å². The summed E-state index contributed by atoms with van der Waals surface area (Å²) in [5.41, 5.74) is 18.8. The monoisotopic (exact) mass is 481 g/mol. The molecule has 11 heteroatoms. The van der Waals surface area contributed by atoms with Gasteiger partial charge in [0.1, 0.15) is 4.90 Å². The van der Waals surface area contributed by atoms with Crippen LogP contribution in [0.25, 0.3) is 11.1 Å². The van der Waals surface area contributed by atoms with Gasteiger partial charge in [0.25, 0.3) is 0 Å². The minimum atomic E-state index is -4.28. The molecule has 176 valence electrons. The van der Waals surface area contributed by atoms with E-state index in [0.717, 1.165) is 0 Å². The molecule has 3 aromatic rings. The number of rotatable bonds is 9. The molecule has 0 bridgehead atoms. The Morgan fingerprint density at radius 3 is 2.47 bits per heavy atom. The highest BCUT2D eigenvalue weighted by Gasteiger charge is 2.29. The van der Waals surface area contributed by atoms with Crippen LogP contribution in [0, 0.1) is 0 Å². The summed E-state index contributed by atoms with van der Waals surface area (Å²) in [6, 6.07) is 15.6. The van der Waals surface area contributed by atoms with Gasteiger partial charge in [-0.05, 0) is 41.8 Å². The second-order valence-corrected chi connectivity index (χ2v) is 9.11. The van der Waals surface area contributed by atoms with Gasteiger partial charge in [0.2, 0.25) is 16.2 Å². The number of carbonyl (C=O) groups is 2. The molecule has 0 saturated heterocycles. The molecule has 0 radical (unpaired) electrons. The number of sulfone groups is 1. The van der Waals surface area contributed by atoms with Crippen LogP contribution in [0.15, 0.2) is 75.4 Å². The van der Waals surface area contributed by atoms with Crippen LogP contribution in [0.2, 0.25) is 0 Å². The third kappa shape index (κ3) is 5.15. The van der Waals surface area contributed by atoms with Gasteiger partial charge in [0, 0.05) is 12.0 Å². The molecule has 0 spiro atoms. The highest BCUT2D eigenvalue weighted by molar-refractivity contribution is 7.92. The molecule has 0 aliphatic rings. The zero-order chi connectivity index (χ0) is 24.9. The third-order valence-electron chi connectivity index (χ3n) is 4.97. The number of hydrogen-bond acceptors (Lipinski definition) is 6. The molecule has 0 saturated carbocycles. The van der Waals surface area contributed by atoms with Crippen LogP contribution in [0.5, 0.6) is 0 Å². The topological polar surface area (TPSA) is 191 Å². The smallest absolute Gasteiger partial charge is 0.303 e. The van der Waals surface area contributed by atoms with Crippen molar-refractivity contribution in [3.05, 3.63) is 66.2 Å². The predicted molar refractivity (Wildman–Crippen MR) is 129 cm³/mol. The quantitative estimate of drug-likeness (QED) is 0.133. The molecule has 0 fully saturated rings. The maximum Gasteiger partial charge on any atom is 0.303 e. The number of carboxylic acids is 1. The number of anilines is 2. The number of carbonyl (C=O) groups excluding carboxylic acids is 1. The van der Waals surface area contributed by atoms with Gasteiger partial charge < -0.3 is 27.6 Å². The lowest BCUT2D eigenvalue weighted by molar-refractivity contribution is -0.136. The fraction of sp³-hybridized carbons (Fsp3) is 0.0870. The third-order valence-corrected chi connectivity index (χ3v) is 6.88. The van der Waals surface area contributed by atoms with Crippen LogP contribution in [-0.4, -0.2) is 31.9 Å². The molecule has 0 aromatic heterocycles. The summed E-state index contributed by atoms with van der Waals surface area (Å²) in [5.74, 6) is -1.21. The molecule has 0 unspecified atom stereocenters. The van der Waals surface area contributed by atoms with Crippen LogP contribution in [0.4, 0.5) is 17.1 Å². The van der Waals surface area contributed by atoms with Gasteiger partial charge >= 0.3 is 5.97 Å². The highest BCUT2D eigenvalue weighted by atomic mass is 32.2. The summed E-state index contributed by atoms with van der Waals surface area (Å²) in [6.07, 6.45) is 0.180. The van der Waals surface area contributed by atoms with E-state index < -0.39 is 15.8 Å². The standard InChI is InChI=1S/C23H23N5O5S/c24-21-14(9-11-20(30)31)8-10-17(15-4-3-5-16(12-15)28-23(25)26)22(21)34(32,33)19-7-2-1-6-18(19)27-13-29/h1-8,10,12-13H,9,11,24H2,(H,27,29)(H,30,31)(H4,25,26,28).